The molecule has 6 rings (SSSR count). The van der Waals surface area contributed by atoms with E-state index in [1.165, 1.54) is 75.2 Å². The average Bonchev–Trinajstić information content (AvgIpc) is 3.30. The summed E-state index contributed by atoms with van der Waals surface area (Å²) in [6.45, 7) is 5.68. The van der Waals surface area contributed by atoms with Crippen molar-refractivity contribution >= 4 is 0 Å². The molecular weight excluding hydrogens is 346 g/mol. The van der Waals surface area contributed by atoms with E-state index in [0.717, 1.165) is 31.3 Å². The minimum Gasteiger partial charge on any atom is -0.345 e. The maximum atomic E-state index is 4.70. The van der Waals surface area contributed by atoms with Gasteiger partial charge in [0.25, 0.3) is 0 Å². The highest BCUT2D eigenvalue weighted by Crippen LogP contribution is 2.30. The second-order valence-electron chi connectivity index (χ2n) is 9.29. The third-order valence-corrected chi connectivity index (χ3v) is 7.04. The lowest BCUT2D eigenvalue weighted by Crippen LogP contribution is -2.43. The summed E-state index contributed by atoms with van der Waals surface area (Å²) in [5.41, 5.74) is 2.64. The van der Waals surface area contributed by atoms with Crippen molar-refractivity contribution in [2.45, 2.75) is 64.1 Å². The summed E-state index contributed by atoms with van der Waals surface area (Å²) in [5, 5.41) is 0. The Morgan fingerprint density at radius 2 is 1.93 bits per heavy atom. The summed E-state index contributed by atoms with van der Waals surface area (Å²) in [7, 11) is 0. The Balaban J connectivity index is 1.20. The van der Waals surface area contributed by atoms with Crippen LogP contribution in [0.2, 0.25) is 0 Å². The summed E-state index contributed by atoms with van der Waals surface area (Å²) >= 11 is 0. The van der Waals surface area contributed by atoms with Crippen LogP contribution < -0.4 is 0 Å². The summed E-state index contributed by atoms with van der Waals surface area (Å²) < 4.78 is 0. The van der Waals surface area contributed by atoms with E-state index in [4.69, 9.17) is 4.98 Å². The standard InChI is InChI=1S/C23H33N5/c1-2-5-18(4-1)10-23-25-12-21(26-23)16-28-15-20-7-8-22(28)17-27(14-20)13-19-6-3-9-24-11-19/h3,6,9,11-12,18,20,22H,1-2,4-5,7-8,10,13-17H2,(H,25,26)/t20-,22+/m0/s1. The summed E-state index contributed by atoms with van der Waals surface area (Å²) in [4.78, 5) is 18.0. The van der Waals surface area contributed by atoms with Crippen LogP contribution in [0.4, 0.5) is 0 Å². The highest BCUT2D eigenvalue weighted by Gasteiger charge is 2.34. The van der Waals surface area contributed by atoms with E-state index in [-0.39, 0.29) is 0 Å². The zero-order valence-corrected chi connectivity index (χ0v) is 16.9. The van der Waals surface area contributed by atoms with Crippen LogP contribution in [0.15, 0.2) is 30.7 Å². The fourth-order valence-electron chi connectivity index (χ4n) is 5.65. The van der Waals surface area contributed by atoms with Crippen LogP contribution in [-0.4, -0.2) is 50.4 Å². The maximum absolute atomic E-state index is 4.70. The van der Waals surface area contributed by atoms with Crippen LogP contribution in [0, 0.1) is 11.8 Å². The summed E-state index contributed by atoms with van der Waals surface area (Å²) in [6, 6.07) is 4.92. The number of imidazole rings is 1. The van der Waals surface area contributed by atoms with Crippen molar-refractivity contribution in [2.24, 2.45) is 11.8 Å². The van der Waals surface area contributed by atoms with Crippen LogP contribution in [-0.2, 0) is 19.5 Å². The van der Waals surface area contributed by atoms with E-state index in [9.17, 15) is 0 Å². The smallest absolute Gasteiger partial charge is 0.106 e. The summed E-state index contributed by atoms with van der Waals surface area (Å²) in [5.74, 6) is 2.85. The molecule has 5 heteroatoms. The molecule has 0 aromatic carbocycles. The zero-order valence-electron chi connectivity index (χ0n) is 16.9. The SMILES string of the molecule is c1cncc(CN2C[C@@H]3CC[C@H](C2)N(Cc2cnc(CC4CCCC4)[nH]2)C3)c1. The minimum absolute atomic E-state index is 0.664. The highest BCUT2D eigenvalue weighted by molar-refractivity contribution is 5.09. The fourth-order valence-corrected chi connectivity index (χ4v) is 5.65. The van der Waals surface area contributed by atoms with Gasteiger partial charge in [-0.15, -0.1) is 0 Å². The van der Waals surface area contributed by atoms with Gasteiger partial charge >= 0.3 is 0 Å². The molecule has 0 radical (unpaired) electrons. The van der Waals surface area contributed by atoms with Gasteiger partial charge in [-0.2, -0.15) is 0 Å². The van der Waals surface area contributed by atoms with Crippen LogP contribution in [0.1, 0.15) is 55.6 Å². The van der Waals surface area contributed by atoms with Gasteiger partial charge in [-0.25, -0.2) is 4.98 Å². The molecule has 2 aromatic rings. The van der Waals surface area contributed by atoms with Gasteiger partial charge in [0.05, 0.1) is 0 Å². The fraction of sp³-hybridized carbons (Fsp3) is 0.652. The Morgan fingerprint density at radius 3 is 2.79 bits per heavy atom. The molecule has 2 aromatic heterocycles. The number of H-pyrrole nitrogens is 1. The Morgan fingerprint density at radius 1 is 1.00 bits per heavy atom. The molecule has 0 spiro atoms. The number of hydrogen-bond donors (Lipinski definition) is 1. The predicted octanol–water partition coefficient (Wildman–Crippen LogP) is 3.63. The monoisotopic (exact) mass is 379 g/mol. The number of aromatic nitrogens is 3. The van der Waals surface area contributed by atoms with E-state index < -0.39 is 0 Å². The minimum atomic E-state index is 0.664. The molecule has 150 valence electrons. The molecule has 1 saturated carbocycles. The van der Waals surface area contributed by atoms with Gasteiger partial charge in [0.1, 0.15) is 5.82 Å². The number of hydrogen-bond acceptors (Lipinski definition) is 4. The van der Waals surface area contributed by atoms with Crippen molar-refractivity contribution in [3.63, 3.8) is 0 Å². The molecule has 1 aliphatic carbocycles. The third-order valence-electron chi connectivity index (χ3n) is 7.04. The predicted molar refractivity (Wildman–Crippen MR) is 111 cm³/mol. The van der Waals surface area contributed by atoms with E-state index in [0.29, 0.717) is 6.04 Å². The number of fused-ring (bicyclic) bond motifs is 4. The second kappa shape index (κ2) is 8.34. The first-order valence-corrected chi connectivity index (χ1v) is 11.2. The first kappa shape index (κ1) is 18.3. The van der Waals surface area contributed by atoms with Gasteiger partial charge in [-0.3, -0.25) is 14.8 Å². The lowest BCUT2D eigenvalue weighted by atomic mass is 9.95. The Labute approximate surface area is 168 Å². The Bertz CT molecular complexity index is 751. The van der Waals surface area contributed by atoms with Crippen molar-refractivity contribution in [3.8, 4) is 0 Å². The normalized spacial score (nSPS) is 26.7. The first-order chi connectivity index (χ1) is 13.8. The number of aromatic amines is 1. The molecule has 2 atom stereocenters. The van der Waals surface area contributed by atoms with Crippen molar-refractivity contribution < 1.29 is 0 Å². The van der Waals surface area contributed by atoms with Gasteiger partial charge in [0.15, 0.2) is 0 Å². The molecule has 1 N–H and O–H groups in total. The molecule has 5 heterocycles. The molecule has 28 heavy (non-hydrogen) atoms. The second-order valence-corrected chi connectivity index (χ2v) is 9.29. The Hall–Kier alpha value is -1.72. The molecule has 4 fully saturated rings. The van der Waals surface area contributed by atoms with Crippen molar-refractivity contribution in [3.05, 3.63) is 47.8 Å². The van der Waals surface area contributed by atoms with E-state index in [1.54, 1.807) is 0 Å². The number of nitrogens with zero attached hydrogens (tertiary/aromatic N) is 4. The van der Waals surface area contributed by atoms with E-state index in [1.807, 2.05) is 12.4 Å². The largest absolute Gasteiger partial charge is 0.345 e. The van der Waals surface area contributed by atoms with Crippen LogP contribution in [0.25, 0.3) is 0 Å². The van der Waals surface area contributed by atoms with Crippen molar-refractivity contribution in [1.29, 1.82) is 0 Å². The van der Waals surface area contributed by atoms with Gasteiger partial charge < -0.3 is 4.98 Å². The molecule has 0 unspecified atom stereocenters. The van der Waals surface area contributed by atoms with Crippen LogP contribution in [0.3, 0.4) is 0 Å². The number of pyridine rings is 1. The molecular formula is C23H33N5. The van der Waals surface area contributed by atoms with Gasteiger partial charge in [-0.05, 0) is 36.3 Å². The number of nitrogens with one attached hydrogen (secondary N) is 1. The lowest BCUT2D eigenvalue weighted by molar-refractivity contribution is 0.121. The van der Waals surface area contributed by atoms with Crippen LogP contribution >= 0.6 is 0 Å². The third kappa shape index (κ3) is 4.31. The molecule has 2 bridgehead atoms. The van der Waals surface area contributed by atoms with Gasteiger partial charge in [0.2, 0.25) is 0 Å². The van der Waals surface area contributed by atoms with Crippen LogP contribution in [0.5, 0.6) is 0 Å². The number of piperidine rings is 1. The Kier molecular flexibility index (Phi) is 5.45. The lowest BCUT2D eigenvalue weighted by Gasteiger charge is -2.35. The first-order valence-electron chi connectivity index (χ1n) is 11.2. The summed E-state index contributed by atoms with van der Waals surface area (Å²) in [6.07, 6.45) is 15.4. The average molecular weight is 380 g/mol. The molecule has 4 aliphatic rings. The molecule has 0 amide bonds. The zero-order chi connectivity index (χ0) is 18.8. The molecule has 3 saturated heterocycles. The van der Waals surface area contributed by atoms with Gasteiger partial charge in [0, 0.05) is 69.5 Å². The number of rotatable bonds is 6. The van der Waals surface area contributed by atoms with Crippen molar-refractivity contribution in [2.75, 3.05) is 19.6 Å². The van der Waals surface area contributed by atoms with Gasteiger partial charge in [-0.1, -0.05) is 31.7 Å². The van der Waals surface area contributed by atoms with Crippen molar-refractivity contribution in [1.82, 2.24) is 24.8 Å². The van der Waals surface area contributed by atoms with E-state index in [2.05, 4.69) is 38.1 Å². The maximum Gasteiger partial charge on any atom is 0.106 e. The molecule has 5 nitrogen and oxygen atoms in total. The topological polar surface area (TPSA) is 48.1 Å². The quantitative estimate of drug-likeness (QED) is 0.833. The molecule has 3 aliphatic heterocycles. The van der Waals surface area contributed by atoms with E-state index >= 15 is 0 Å². The highest BCUT2D eigenvalue weighted by atomic mass is 15.3.